The lowest BCUT2D eigenvalue weighted by Crippen LogP contribution is -2.34. The number of benzene rings is 1. The summed E-state index contributed by atoms with van der Waals surface area (Å²) in [6, 6.07) is 6.48. The van der Waals surface area contributed by atoms with E-state index >= 15 is 0 Å². The lowest BCUT2D eigenvalue weighted by molar-refractivity contribution is 0.114. The highest BCUT2D eigenvalue weighted by Crippen LogP contribution is 2.23. The van der Waals surface area contributed by atoms with Gasteiger partial charge in [-0.25, -0.2) is 0 Å². The van der Waals surface area contributed by atoms with E-state index < -0.39 is 0 Å². The summed E-state index contributed by atoms with van der Waals surface area (Å²) < 4.78 is 5.61. The van der Waals surface area contributed by atoms with Crippen LogP contribution < -0.4 is 5.73 Å². The SMILES string of the molecule is CCCCOCCC(C)(N)c1ccc(C)c(C)c1. The zero-order chi connectivity index (χ0) is 13.6. The molecule has 2 heteroatoms. The van der Waals surface area contributed by atoms with E-state index in [1.165, 1.54) is 23.1 Å². The molecule has 1 unspecified atom stereocenters. The third-order valence-electron chi connectivity index (χ3n) is 3.57. The minimum absolute atomic E-state index is 0.301. The molecule has 2 N–H and O–H groups in total. The van der Waals surface area contributed by atoms with Crippen LogP contribution in [0.2, 0.25) is 0 Å². The van der Waals surface area contributed by atoms with Crippen LogP contribution in [0.3, 0.4) is 0 Å². The smallest absolute Gasteiger partial charge is 0.0486 e. The van der Waals surface area contributed by atoms with Gasteiger partial charge in [-0.3, -0.25) is 0 Å². The fourth-order valence-corrected chi connectivity index (χ4v) is 1.87. The van der Waals surface area contributed by atoms with E-state index in [-0.39, 0.29) is 5.54 Å². The summed E-state index contributed by atoms with van der Waals surface area (Å²) in [4.78, 5) is 0. The molecule has 1 rings (SSSR count). The minimum Gasteiger partial charge on any atom is -0.381 e. The number of rotatable bonds is 7. The zero-order valence-electron chi connectivity index (χ0n) is 12.3. The van der Waals surface area contributed by atoms with Crippen molar-refractivity contribution in [3.63, 3.8) is 0 Å². The van der Waals surface area contributed by atoms with Gasteiger partial charge >= 0.3 is 0 Å². The number of ether oxygens (including phenoxy) is 1. The molecular weight excluding hydrogens is 222 g/mol. The predicted octanol–water partition coefficient (Wildman–Crippen LogP) is 3.68. The van der Waals surface area contributed by atoms with Gasteiger partial charge in [0.05, 0.1) is 0 Å². The third-order valence-corrected chi connectivity index (χ3v) is 3.57. The largest absolute Gasteiger partial charge is 0.381 e. The Kier molecular flexibility index (Phi) is 5.83. The van der Waals surface area contributed by atoms with Crippen LogP contribution in [0.5, 0.6) is 0 Å². The van der Waals surface area contributed by atoms with Crippen LogP contribution in [0.1, 0.15) is 49.8 Å². The van der Waals surface area contributed by atoms with Crippen molar-refractivity contribution >= 4 is 0 Å². The van der Waals surface area contributed by atoms with Gasteiger partial charge in [0.2, 0.25) is 0 Å². The molecule has 0 aliphatic rings. The van der Waals surface area contributed by atoms with Crippen LogP contribution >= 0.6 is 0 Å². The summed E-state index contributed by atoms with van der Waals surface area (Å²) in [6.45, 7) is 10.1. The van der Waals surface area contributed by atoms with E-state index in [0.29, 0.717) is 0 Å². The molecule has 0 aliphatic carbocycles. The van der Waals surface area contributed by atoms with Gasteiger partial charge in [0.25, 0.3) is 0 Å². The molecule has 0 aromatic heterocycles. The Morgan fingerprint density at radius 2 is 1.89 bits per heavy atom. The van der Waals surface area contributed by atoms with Crippen molar-refractivity contribution in [1.29, 1.82) is 0 Å². The first-order valence-corrected chi connectivity index (χ1v) is 6.91. The van der Waals surface area contributed by atoms with Crippen molar-refractivity contribution in [3.8, 4) is 0 Å². The summed E-state index contributed by atoms with van der Waals surface area (Å²) in [5, 5.41) is 0. The molecule has 0 spiro atoms. The number of hydrogen-bond acceptors (Lipinski definition) is 2. The van der Waals surface area contributed by atoms with Crippen molar-refractivity contribution in [2.45, 2.75) is 52.5 Å². The quantitative estimate of drug-likeness (QED) is 0.748. The van der Waals surface area contributed by atoms with Crippen LogP contribution in [-0.2, 0) is 10.3 Å². The highest BCUT2D eigenvalue weighted by molar-refractivity contribution is 5.33. The first-order chi connectivity index (χ1) is 8.47. The molecule has 18 heavy (non-hydrogen) atoms. The molecule has 0 radical (unpaired) electrons. The van der Waals surface area contributed by atoms with Crippen molar-refractivity contribution in [1.82, 2.24) is 0 Å². The van der Waals surface area contributed by atoms with Crippen molar-refractivity contribution in [2.75, 3.05) is 13.2 Å². The normalized spacial score (nSPS) is 14.5. The second-order valence-corrected chi connectivity index (χ2v) is 5.43. The number of unbranched alkanes of at least 4 members (excludes halogenated alkanes) is 1. The number of aryl methyl sites for hydroxylation is 2. The molecule has 0 fully saturated rings. The summed E-state index contributed by atoms with van der Waals surface area (Å²) >= 11 is 0. The lowest BCUT2D eigenvalue weighted by atomic mass is 9.88. The second kappa shape index (κ2) is 6.91. The van der Waals surface area contributed by atoms with Gasteiger partial charge in [-0.15, -0.1) is 0 Å². The highest BCUT2D eigenvalue weighted by atomic mass is 16.5. The van der Waals surface area contributed by atoms with Gasteiger partial charge < -0.3 is 10.5 Å². The molecule has 1 atom stereocenters. The zero-order valence-corrected chi connectivity index (χ0v) is 12.3. The fraction of sp³-hybridized carbons (Fsp3) is 0.625. The Hall–Kier alpha value is -0.860. The first-order valence-electron chi connectivity index (χ1n) is 6.91. The molecule has 0 saturated heterocycles. The molecule has 1 aromatic rings. The Morgan fingerprint density at radius 3 is 2.50 bits per heavy atom. The molecule has 1 aromatic carbocycles. The summed E-state index contributed by atoms with van der Waals surface area (Å²) in [5.74, 6) is 0. The summed E-state index contributed by atoms with van der Waals surface area (Å²) in [7, 11) is 0. The Labute approximate surface area is 112 Å². The van der Waals surface area contributed by atoms with E-state index in [1.807, 2.05) is 0 Å². The van der Waals surface area contributed by atoms with Gasteiger partial charge in [-0.05, 0) is 50.3 Å². The molecule has 2 nitrogen and oxygen atoms in total. The molecule has 0 saturated carbocycles. The van der Waals surface area contributed by atoms with Gasteiger partial charge in [0.15, 0.2) is 0 Å². The monoisotopic (exact) mass is 249 g/mol. The average molecular weight is 249 g/mol. The van der Waals surface area contributed by atoms with Gasteiger partial charge in [0.1, 0.15) is 0 Å². The highest BCUT2D eigenvalue weighted by Gasteiger charge is 2.21. The molecule has 0 amide bonds. The van der Waals surface area contributed by atoms with E-state index in [1.54, 1.807) is 0 Å². The maximum atomic E-state index is 6.39. The van der Waals surface area contributed by atoms with Gasteiger partial charge in [-0.2, -0.15) is 0 Å². The maximum Gasteiger partial charge on any atom is 0.0486 e. The Bertz CT molecular complexity index is 371. The Morgan fingerprint density at radius 1 is 1.17 bits per heavy atom. The van der Waals surface area contributed by atoms with Crippen LogP contribution in [0, 0.1) is 13.8 Å². The predicted molar refractivity (Wildman–Crippen MR) is 77.8 cm³/mol. The number of nitrogens with two attached hydrogens (primary N) is 1. The van der Waals surface area contributed by atoms with Crippen molar-refractivity contribution < 1.29 is 4.74 Å². The van der Waals surface area contributed by atoms with Crippen LogP contribution in [0.4, 0.5) is 0 Å². The van der Waals surface area contributed by atoms with Gasteiger partial charge in [-0.1, -0.05) is 31.5 Å². The topological polar surface area (TPSA) is 35.2 Å². The second-order valence-electron chi connectivity index (χ2n) is 5.43. The summed E-state index contributed by atoms with van der Waals surface area (Å²) in [5.41, 5.74) is 9.91. The van der Waals surface area contributed by atoms with E-state index in [9.17, 15) is 0 Å². The van der Waals surface area contributed by atoms with E-state index in [0.717, 1.165) is 26.1 Å². The maximum absolute atomic E-state index is 6.39. The third kappa shape index (κ3) is 4.43. The van der Waals surface area contributed by atoms with Crippen molar-refractivity contribution in [2.24, 2.45) is 5.73 Å². The first kappa shape index (κ1) is 15.2. The standard InChI is InChI=1S/C16H27NO/c1-5-6-10-18-11-9-16(4,17)15-8-7-13(2)14(3)12-15/h7-8,12H,5-6,9-11,17H2,1-4H3. The average Bonchev–Trinajstić information content (AvgIpc) is 2.32. The Balaban J connectivity index is 2.54. The van der Waals surface area contributed by atoms with Crippen LogP contribution in [-0.4, -0.2) is 13.2 Å². The van der Waals surface area contributed by atoms with Crippen LogP contribution in [0.25, 0.3) is 0 Å². The molecular formula is C16H27NO. The van der Waals surface area contributed by atoms with Crippen molar-refractivity contribution in [3.05, 3.63) is 34.9 Å². The van der Waals surface area contributed by atoms with Crippen LogP contribution in [0.15, 0.2) is 18.2 Å². The molecule has 0 aliphatic heterocycles. The minimum atomic E-state index is -0.301. The van der Waals surface area contributed by atoms with Gasteiger partial charge in [0, 0.05) is 18.8 Å². The molecule has 102 valence electrons. The fourth-order valence-electron chi connectivity index (χ4n) is 1.87. The number of hydrogen-bond donors (Lipinski definition) is 1. The van der Waals surface area contributed by atoms with E-state index in [4.69, 9.17) is 10.5 Å². The lowest BCUT2D eigenvalue weighted by Gasteiger charge is -2.26. The molecule has 0 bridgehead atoms. The summed E-state index contributed by atoms with van der Waals surface area (Å²) in [6.07, 6.45) is 3.17. The van der Waals surface area contributed by atoms with E-state index in [2.05, 4.69) is 45.9 Å². The molecule has 0 heterocycles.